The summed E-state index contributed by atoms with van der Waals surface area (Å²) in [4.78, 5) is 24.3. The molecule has 9 heteroatoms. The van der Waals surface area contributed by atoms with E-state index in [1.807, 2.05) is 0 Å². The summed E-state index contributed by atoms with van der Waals surface area (Å²) in [5, 5.41) is 6.41. The molecule has 1 atom stereocenters. The molecule has 0 aliphatic rings. The van der Waals surface area contributed by atoms with Crippen molar-refractivity contribution < 1.29 is 23.5 Å². The van der Waals surface area contributed by atoms with Crippen molar-refractivity contribution in [2.24, 2.45) is 11.0 Å². The van der Waals surface area contributed by atoms with Gasteiger partial charge < -0.3 is 14.8 Å². The molecule has 0 heterocycles. The van der Waals surface area contributed by atoms with Gasteiger partial charge in [-0.15, -0.1) is 6.42 Å². The van der Waals surface area contributed by atoms with Crippen molar-refractivity contribution in [3.63, 3.8) is 0 Å². The van der Waals surface area contributed by atoms with Crippen LogP contribution < -0.4 is 20.2 Å². The Morgan fingerprint density at radius 2 is 2.07 bits per heavy atom. The molecule has 0 aliphatic carbocycles. The Bertz CT molecular complexity index is 1000. The van der Waals surface area contributed by atoms with Crippen molar-refractivity contribution in [3.05, 3.63) is 52.8 Å². The van der Waals surface area contributed by atoms with Gasteiger partial charge in [0.25, 0.3) is 5.91 Å². The SMILES string of the molecule is C#CCOc1c(Cl)cc(C=NNC(=O)C(C)C(=O)Nc2ccccc2F)cc1OC. The second-order valence-electron chi connectivity index (χ2n) is 5.95. The number of nitrogens with one attached hydrogen (secondary N) is 2. The first-order valence-electron chi connectivity index (χ1n) is 8.69. The van der Waals surface area contributed by atoms with Gasteiger partial charge in [-0.2, -0.15) is 5.10 Å². The summed E-state index contributed by atoms with van der Waals surface area (Å²) in [6, 6.07) is 8.78. The number of methoxy groups -OCH3 is 1. The monoisotopic (exact) mass is 431 g/mol. The summed E-state index contributed by atoms with van der Waals surface area (Å²) in [6.07, 6.45) is 6.49. The van der Waals surface area contributed by atoms with Crippen molar-refractivity contribution in [2.75, 3.05) is 19.0 Å². The van der Waals surface area contributed by atoms with Gasteiger partial charge in [0.1, 0.15) is 18.3 Å². The molecule has 2 aromatic rings. The number of terminal acetylenes is 1. The highest BCUT2D eigenvalue weighted by Crippen LogP contribution is 2.35. The number of hydrazone groups is 1. The lowest BCUT2D eigenvalue weighted by Crippen LogP contribution is -2.34. The normalized spacial score (nSPS) is 11.4. The van der Waals surface area contributed by atoms with Crippen LogP contribution in [0.5, 0.6) is 11.5 Å². The molecule has 2 N–H and O–H groups in total. The maximum absolute atomic E-state index is 13.6. The zero-order valence-corrected chi connectivity index (χ0v) is 17.0. The molecule has 0 saturated carbocycles. The van der Waals surface area contributed by atoms with E-state index in [0.717, 1.165) is 0 Å². The van der Waals surface area contributed by atoms with Gasteiger partial charge in [-0.3, -0.25) is 9.59 Å². The number of carbonyl (C=O) groups is 2. The van der Waals surface area contributed by atoms with Crippen LogP contribution in [0.1, 0.15) is 12.5 Å². The third kappa shape index (κ3) is 5.96. The number of para-hydroxylation sites is 1. The van der Waals surface area contributed by atoms with Gasteiger partial charge >= 0.3 is 0 Å². The number of nitrogens with zero attached hydrogens (tertiary/aromatic N) is 1. The number of anilines is 1. The van der Waals surface area contributed by atoms with Crippen LogP contribution in [-0.4, -0.2) is 31.7 Å². The average Bonchev–Trinajstić information content (AvgIpc) is 2.73. The number of amides is 2. The van der Waals surface area contributed by atoms with Gasteiger partial charge in [0.05, 0.1) is 24.0 Å². The molecule has 0 bridgehead atoms. The van der Waals surface area contributed by atoms with Crippen molar-refractivity contribution in [1.29, 1.82) is 0 Å². The molecule has 30 heavy (non-hydrogen) atoms. The van der Waals surface area contributed by atoms with E-state index < -0.39 is 23.5 Å². The number of ether oxygens (including phenoxy) is 2. The van der Waals surface area contributed by atoms with E-state index in [1.54, 1.807) is 18.2 Å². The van der Waals surface area contributed by atoms with Crippen LogP contribution >= 0.6 is 11.6 Å². The molecular weight excluding hydrogens is 413 g/mol. The first kappa shape index (κ1) is 22.7. The van der Waals surface area contributed by atoms with Crippen molar-refractivity contribution >= 4 is 35.3 Å². The molecule has 2 aromatic carbocycles. The van der Waals surface area contributed by atoms with Crippen LogP contribution in [-0.2, 0) is 9.59 Å². The van der Waals surface area contributed by atoms with E-state index in [4.69, 9.17) is 27.5 Å². The summed E-state index contributed by atoms with van der Waals surface area (Å²) >= 11 is 6.17. The van der Waals surface area contributed by atoms with Crippen LogP contribution in [0.3, 0.4) is 0 Å². The number of carbonyl (C=O) groups excluding carboxylic acids is 2. The van der Waals surface area contributed by atoms with Crippen LogP contribution in [0.15, 0.2) is 41.5 Å². The number of hydrogen-bond donors (Lipinski definition) is 2. The fourth-order valence-corrected chi connectivity index (χ4v) is 2.53. The first-order valence-corrected chi connectivity index (χ1v) is 9.07. The molecule has 0 aliphatic heterocycles. The zero-order chi connectivity index (χ0) is 22.1. The molecule has 0 radical (unpaired) electrons. The van der Waals surface area contributed by atoms with Crippen molar-refractivity contribution in [2.45, 2.75) is 6.92 Å². The molecule has 7 nitrogen and oxygen atoms in total. The minimum atomic E-state index is -1.11. The van der Waals surface area contributed by atoms with Gasteiger partial charge in [0, 0.05) is 0 Å². The van der Waals surface area contributed by atoms with E-state index in [0.29, 0.717) is 11.3 Å². The van der Waals surface area contributed by atoms with Gasteiger partial charge in [0.2, 0.25) is 5.91 Å². The Morgan fingerprint density at radius 3 is 2.73 bits per heavy atom. The predicted octanol–water partition coefficient (Wildman–Crippen LogP) is 3.22. The number of halogens is 2. The Hall–Kier alpha value is -3.57. The van der Waals surface area contributed by atoms with Gasteiger partial charge in [-0.25, -0.2) is 9.82 Å². The second-order valence-corrected chi connectivity index (χ2v) is 6.36. The molecule has 1 unspecified atom stereocenters. The highest BCUT2D eigenvalue weighted by atomic mass is 35.5. The Kier molecular flexibility index (Phi) is 8.20. The van der Waals surface area contributed by atoms with Crippen molar-refractivity contribution in [3.8, 4) is 23.8 Å². The van der Waals surface area contributed by atoms with E-state index in [-0.39, 0.29) is 23.1 Å². The van der Waals surface area contributed by atoms with Crippen LogP contribution in [0.2, 0.25) is 5.02 Å². The summed E-state index contributed by atoms with van der Waals surface area (Å²) in [6.45, 7) is 1.39. The fourth-order valence-electron chi connectivity index (χ4n) is 2.26. The molecule has 0 spiro atoms. The van der Waals surface area contributed by atoms with Crippen molar-refractivity contribution in [1.82, 2.24) is 5.43 Å². The quantitative estimate of drug-likeness (QED) is 0.291. The lowest BCUT2D eigenvalue weighted by atomic mass is 10.1. The van der Waals surface area contributed by atoms with Crippen LogP contribution in [0.4, 0.5) is 10.1 Å². The Labute approximate surface area is 178 Å². The van der Waals surface area contributed by atoms with E-state index in [9.17, 15) is 14.0 Å². The van der Waals surface area contributed by atoms with E-state index >= 15 is 0 Å². The lowest BCUT2D eigenvalue weighted by Gasteiger charge is -2.12. The minimum Gasteiger partial charge on any atom is -0.493 e. The van der Waals surface area contributed by atoms with E-state index in [1.165, 1.54) is 38.4 Å². The zero-order valence-electron chi connectivity index (χ0n) is 16.2. The average molecular weight is 432 g/mol. The second kappa shape index (κ2) is 10.8. The topological polar surface area (TPSA) is 89.0 Å². The number of rotatable bonds is 8. The smallest absolute Gasteiger partial charge is 0.252 e. The molecule has 0 aromatic heterocycles. The number of hydrogen-bond acceptors (Lipinski definition) is 5. The molecule has 2 rings (SSSR count). The standard InChI is InChI=1S/C21H19ClFN3O4/c1-4-9-30-19-15(22)10-14(11-18(19)29-3)12-24-26-21(28)13(2)20(27)25-17-8-6-5-7-16(17)23/h1,5-8,10-13H,9H2,2-3H3,(H,25,27)(H,26,28). The Morgan fingerprint density at radius 1 is 1.33 bits per heavy atom. The molecule has 0 fully saturated rings. The highest BCUT2D eigenvalue weighted by Gasteiger charge is 2.22. The van der Waals surface area contributed by atoms with E-state index in [2.05, 4.69) is 21.8 Å². The highest BCUT2D eigenvalue weighted by molar-refractivity contribution is 6.32. The lowest BCUT2D eigenvalue weighted by molar-refractivity contribution is -0.131. The Balaban J connectivity index is 2.01. The largest absolute Gasteiger partial charge is 0.493 e. The molecule has 0 saturated heterocycles. The van der Waals surface area contributed by atoms with Crippen LogP contribution in [0.25, 0.3) is 0 Å². The minimum absolute atomic E-state index is 0.0143. The third-order valence-corrected chi connectivity index (χ3v) is 4.14. The summed E-state index contributed by atoms with van der Waals surface area (Å²) in [5.74, 6) is -0.104. The maximum atomic E-state index is 13.6. The number of benzene rings is 2. The van der Waals surface area contributed by atoms with Crippen LogP contribution in [0, 0.1) is 24.1 Å². The van der Waals surface area contributed by atoms with Gasteiger partial charge in [0.15, 0.2) is 11.5 Å². The summed E-state index contributed by atoms with van der Waals surface area (Å²) in [7, 11) is 1.44. The summed E-state index contributed by atoms with van der Waals surface area (Å²) < 4.78 is 24.2. The maximum Gasteiger partial charge on any atom is 0.252 e. The summed E-state index contributed by atoms with van der Waals surface area (Å²) in [5.41, 5.74) is 2.75. The molecule has 156 valence electrons. The third-order valence-electron chi connectivity index (χ3n) is 3.86. The molecular formula is C21H19ClFN3O4. The van der Waals surface area contributed by atoms with Gasteiger partial charge in [-0.1, -0.05) is 29.7 Å². The fraction of sp³-hybridized carbons (Fsp3) is 0.190. The molecule has 2 amide bonds. The van der Waals surface area contributed by atoms with Gasteiger partial charge in [-0.05, 0) is 36.8 Å². The first-order chi connectivity index (χ1) is 14.4. The predicted molar refractivity (Wildman–Crippen MR) is 112 cm³/mol.